The van der Waals surface area contributed by atoms with Crippen LogP contribution in [0.1, 0.15) is 36.9 Å². The fraction of sp³-hybridized carbons (Fsp3) is 0.385. The molecular formula is C26H29NO7. The number of rotatable bonds is 8. The summed E-state index contributed by atoms with van der Waals surface area (Å²) in [4.78, 5) is 27.9. The molecule has 8 nitrogen and oxygen atoms in total. The van der Waals surface area contributed by atoms with Crippen LogP contribution in [-0.2, 0) is 14.3 Å². The lowest BCUT2D eigenvalue weighted by molar-refractivity contribution is -0.140. The molecule has 0 spiro atoms. The van der Waals surface area contributed by atoms with Crippen molar-refractivity contribution in [1.82, 2.24) is 4.90 Å². The molecule has 2 aliphatic rings. The summed E-state index contributed by atoms with van der Waals surface area (Å²) in [6.07, 6.45) is 1.57. The standard InChI is InChI=1S/C26H29NO7/c1-4-33-17-9-7-16(8-10-17)23-22(24(28)20-12-11-18(31-2)14-21(20)32-3)25(29)26(30)27(23)15-19-6-5-13-34-19/h7-12,14,19,23,28H,4-6,13,15H2,1-3H3/b24-22-. The van der Waals surface area contributed by atoms with Crippen LogP contribution in [0.5, 0.6) is 17.2 Å². The summed E-state index contributed by atoms with van der Waals surface area (Å²) in [6.45, 7) is 3.31. The second kappa shape index (κ2) is 10.2. The summed E-state index contributed by atoms with van der Waals surface area (Å²) >= 11 is 0. The minimum absolute atomic E-state index is 0.00984. The molecule has 8 heteroatoms. The van der Waals surface area contributed by atoms with Gasteiger partial charge in [-0.05, 0) is 49.6 Å². The monoisotopic (exact) mass is 467 g/mol. The maximum Gasteiger partial charge on any atom is 0.295 e. The number of aliphatic hydroxyl groups excluding tert-OH is 1. The predicted molar refractivity (Wildman–Crippen MR) is 125 cm³/mol. The van der Waals surface area contributed by atoms with Gasteiger partial charge in [0.15, 0.2) is 0 Å². The first kappa shape index (κ1) is 23.6. The van der Waals surface area contributed by atoms with Crippen LogP contribution in [-0.4, -0.2) is 61.8 Å². The largest absolute Gasteiger partial charge is 0.507 e. The van der Waals surface area contributed by atoms with Crippen LogP contribution in [0.25, 0.3) is 5.76 Å². The molecule has 0 aromatic heterocycles. The zero-order valence-corrected chi connectivity index (χ0v) is 19.6. The van der Waals surface area contributed by atoms with Gasteiger partial charge in [-0.25, -0.2) is 0 Å². The molecule has 2 heterocycles. The lowest BCUT2D eigenvalue weighted by Crippen LogP contribution is -2.36. The number of Topliss-reactive ketones (excluding diaryl/α,β-unsaturated/α-hetero) is 1. The van der Waals surface area contributed by atoms with Gasteiger partial charge in [-0.3, -0.25) is 9.59 Å². The Morgan fingerprint density at radius 3 is 2.44 bits per heavy atom. The van der Waals surface area contributed by atoms with E-state index >= 15 is 0 Å². The van der Waals surface area contributed by atoms with Crippen LogP contribution in [0.3, 0.4) is 0 Å². The Bertz CT molecular complexity index is 1090. The van der Waals surface area contributed by atoms with E-state index in [9.17, 15) is 14.7 Å². The van der Waals surface area contributed by atoms with Crippen molar-refractivity contribution < 1.29 is 33.6 Å². The summed E-state index contributed by atoms with van der Waals surface area (Å²) in [7, 11) is 2.99. The van der Waals surface area contributed by atoms with E-state index in [1.165, 1.54) is 19.1 Å². The lowest BCUT2D eigenvalue weighted by atomic mass is 9.94. The van der Waals surface area contributed by atoms with E-state index in [2.05, 4.69) is 0 Å². The molecule has 2 unspecified atom stereocenters. The summed E-state index contributed by atoms with van der Waals surface area (Å²) in [5.41, 5.74) is 1.000. The Morgan fingerprint density at radius 2 is 1.82 bits per heavy atom. The third-order valence-electron chi connectivity index (χ3n) is 6.13. The topological polar surface area (TPSA) is 94.5 Å². The van der Waals surface area contributed by atoms with E-state index in [0.29, 0.717) is 41.6 Å². The first-order chi connectivity index (χ1) is 16.5. The molecule has 0 saturated carbocycles. The van der Waals surface area contributed by atoms with Crippen molar-refractivity contribution in [2.24, 2.45) is 0 Å². The molecule has 180 valence electrons. The van der Waals surface area contributed by atoms with E-state index in [1.54, 1.807) is 30.3 Å². The molecule has 2 saturated heterocycles. The summed E-state index contributed by atoms with van der Waals surface area (Å²) in [5, 5.41) is 11.3. The quantitative estimate of drug-likeness (QED) is 0.359. The fourth-order valence-electron chi connectivity index (χ4n) is 4.47. The van der Waals surface area contributed by atoms with E-state index in [4.69, 9.17) is 18.9 Å². The first-order valence-electron chi connectivity index (χ1n) is 11.3. The normalized spacial score (nSPS) is 21.7. The van der Waals surface area contributed by atoms with Gasteiger partial charge in [0.2, 0.25) is 0 Å². The number of benzene rings is 2. The summed E-state index contributed by atoms with van der Waals surface area (Å²) in [6, 6.07) is 11.3. The molecule has 2 aliphatic heterocycles. The minimum Gasteiger partial charge on any atom is -0.507 e. The van der Waals surface area contributed by atoms with Gasteiger partial charge in [0.05, 0.1) is 44.1 Å². The molecule has 1 N–H and O–H groups in total. The van der Waals surface area contributed by atoms with Crippen molar-refractivity contribution in [1.29, 1.82) is 0 Å². The number of carbonyl (C=O) groups excluding carboxylic acids is 2. The maximum atomic E-state index is 13.2. The van der Waals surface area contributed by atoms with E-state index < -0.39 is 17.7 Å². The first-order valence-corrected chi connectivity index (χ1v) is 11.3. The minimum atomic E-state index is -0.772. The van der Waals surface area contributed by atoms with Crippen molar-refractivity contribution in [2.75, 3.05) is 34.0 Å². The molecular weight excluding hydrogens is 438 g/mol. The second-order valence-electron chi connectivity index (χ2n) is 8.15. The smallest absolute Gasteiger partial charge is 0.295 e. The number of methoxy groups -OCH3 is 2. The second-order valence-corrected chi connectivity index (χ2v) is 8.15. The van der Waals surface area contributed by atoms with Gasteiger partial charge < -0.3 is 29.0 Å². The fourth-order valence-corrected chi connectivity index (χ4v) is 4.47. The van der Waals surface area contributed by atoms with Crippen LogP contribution in [0, 0.1) is 0 Å². The highest BCUT2D eigenvalue weighted by atomic mass is 16.5. The number of hydrogen-bond acceptors (Lipinski definition) is 7. The molecule has 0 radical (unpaired) electrons. The number of ether oxygens (including phenoxy) is 4. The molecule has 2 aromatic carbocycles. The highest BCUT2D eigenvalue weighted by molar-refractivity contribution is 6.46. The van der Waals surface area contributed by atoms with Crippen molar-refractivity contribution in [2.45, 2.75) is 31.9 Å². The number of amides is 1. The van der Waals surface area contributed by atoms with Gasteiger partial charge in [-0.1, -0.05) is 12.1 Å². The summed E-state index contributed by atoms with van der Waals surface area (Å²) < 4.78 is 21.9. The molecule has 2 fully saturated rings. The maximum absolute atomic E-state index is 13.2. The number of aliphatic hydroxyl groups is 1. The van der Waals surface area contributed by atoms with Crippen LogP contribution in [0.15, 0.2) is 48.0 Å². The number of ketones is 1. The molecule has 34 heavy (non-hydrogen) atoms. The average molecular weight is 468 g/mol. The van der Waals surface area contributed by atoms with Crippen LogP contribution < -0.4 is 14.2 Å². The van der Waals surface area contributed by atoms with Gasteiger partial charge in [-0.2, -0.15) is 0 Å². The third kappa shape index (κ3) is 4.46. The Labute approximate surface area is 198 Å². The summed E-state index contributed by atoms with van der Waals surface area (Å²) in [5.74, 6) is -0.163. The van der Waals surface area contributed by atoms with Crippen molar-refractivity contribution >= 4 is 17.4 Å². The Kier molecular flexibility index (Phi) is 7.07. The lowest BCUT2D eigenvalue weighted by Gasteiger charge is -2.27. The zero-order valence-electron chi connectivity index (χ0n) is 19.6. The van der Waals surface area contributed by atoms with Crippen molar-refractivity contribution in [3.05, 3.63) is 59.2 Å². The van der Waals surface area contributed by atoms with Crippen molar-refractivity contribution in [3.63, 3.8) is 0 Å². The Hall–Kier alpha value is -3.52. The van der Waals surface area contributed by atoms with Gasteiger partial charge in [0, 0.05) is 19.2 Å². The third-order valence-corrected chi connectivity index (χ3v) is 6.13. The van der Waals surface area contributed by atoms with Crippen LogP contribution in [0.2, 0.25) is 0 Å². The molecule has 0 bridgehead atoms. The Morgan fingerprint density at radius 1 is 1.09 bits per heavy atom. The molecule has 4 rings (SSSR count). The average Bonchev–Trinajstić information content (AvgIpc) is 3.46. The predicted octanol–water partition coefficient (Wildman–Crippen LogP) is 3.70. The van der Waals surface area contributed by atoms with E-state index in [1.807, 2.05) is 19.1 Å². The SMILES string of the molecule is CCOc1ccc(C2/C(=C(/O)c3ccc(OC)cc3OC)C(=O)C(=O)N2CC2CCCO2)cc1. The highest BCUT2D eigenvalue weighted by Gasteiger charge is 2.47. The number of nitrogens with zero attached hydrogens (tertiary/aromatic N) is 1. The number of carbonyl (C=O) groups is 2. The van der Waals surface area contributed by atoms with Gasteiger partial charge >= 0.3 is 0 Å². The van der Waals surface area contributed by atoms with Gasteiger partial charge in [0.1, 0.15) is 23.0 Å². The molecule has 2 aromatic rings. The molecule has 2 atom stereocenters. The molecule has 0 aliphatic carbocycles. The van der Waals surface area contributed by atoms with Gasteiger partial charge in [0.25, 0.3) is 11.7 Å². The van der Waals surface area contributed by atoms with Gasteiger partial charge in [-0.15, -0.1) is 0 Å². The molecule has 1 amide bonds. The number of hydrogen-bond donors (Lipinski definition) is 1. The van der Waals surface area contributed by atoms with E-state index in [0.717, 1.165) is 12.8 Å². The number of likely N-dealkylation sites (tertiary alicyclic amines) is 1. The zero-order chi connectivity index (χ0) is 24.2. The van der Waals surface area contributed by atoms with Crippen molar-refractivity contribution in [3.8, 4) is 17.2 Å². The van der Waals surface area contributed by atoms with Crippen LogP contribution in [0.4, 0.5) is 0 Å². The Balaban J connectivity index is 1.83. The van der Waals surface area contributed by atoms with E-state index in [-0.39, 0.29) is 24.0 Å². The van der Waals surface area contributed by atoms with Crippen LogP contribution >= 0.6 is 0 Å². The highest BCUT2D eigenvalue weighted by Crippen LogP contribution is 2.42.